The molecule has 4 aromatic carbocycles. The molecule has 6 heteroatoms. The molecular formula is C36H33NO4S. The van der Waals surface area contributed by atoms with Crippen LogP contribution in [0.15, 0.2) is 115 Å². The van der Waals surface area contributed by atoms with Crippen molar-refractivity contribution in [3.8, 4) is 0 Å². The third kappa shape index (κ3) is 5.90. The van der Waals surface area contributed by atoms with Crippen molar-refractivity contribution in [2.75, 3.05) is 5.75 Å². The quantitative estimate of drug-likeness (QED) is 0.218. The summed E-state index contributed by atoms with van der Waals surface area (Å²) in [7, 11) is 0. The maximum absolute atomic E-state index is 14.3. The van der Waals surface area contributed by atoms with Gasteiger partial charge in [0.1, 0.15) is 6.04 Å². The van der Waals surface area contributed by atoms with Crippen molar-refractivity contribution in [3.63, 3.8) is 0 Å². The summed E-state index contributed by atoms with van der Waals surface area (Å²) in [4.78, 5) is 43.1. The van der Waals surface area contributed by atoms with Crippen LogP contribution in [-0.4, -0.2) is 33.7 Å². The Morgan fingerprint density at radius 3 is 2.05 bits per heavy atom. The highest BCUT2D eigenvalue weighted by atomic mass is 32.2. The summed E-state index contributed by atoms with van der Waals surface area (Å²) in [6.45, 7) is 0. The van der Waals surface area contributed by atoms with E-state index in [0.29, 0.717) is 24.2 Å². The van der Waals surface area contributed by atoms with E-state index in [1.807, 2.05) is 91.0 Å². The molecule has 42 heavy (non-hydrogen) atoms. The number of rotatable bonds is 7. The Bertz CT molecular complexity index is 1500. The molecule has 1 saturated heterocycles. The van der Waals surface area contributed by atoms with E-state index < -0.39 is 24.0 Å². The van der Waals surface area contributed by atoms with E-state index in [4.69, 9.17) is 4.74 Å². The first-order valence-electron chi connectivity index (χ1n) is 14.5. The number of esters is 1. The highest BCUT2D eigenvalue weighted by Crippen LogP contribution is 2.42. The van der Waals surface area contributed by atoms with Gasteiger partial charge in [-0.25, -0.2) is 4.79 Å². The van der Waals surface area contributed by atoms with Crippen molar-refractivity contribution in [1.29, 1.82) is 0 Å². The molecule has 0 spiro atoms. The van der Waals surface area contributed by atoms with Gasteiger partial charge >= 0.3 is 5.97 Å². The molecule has 212 valence electrons. The van der Waals surface area contributed by atoms with E-state index in [1.165, 1.54) is 11.8 Å². The third-order valence-electron chi connectivity index (χ3n) is 8.25. The smallest absolute Gasteiger partial charge is 0.329 e. The molecule has 0 radical (unpaired) electrons. The Morgan fingerprint density at radius 1 is 0.786 bits per heavy atom. The lowest BCUT2D eigenvalue weighted by molar-refractivity contribution is -0.164. The van der Waals surface area contributed by atoms with Crippen LogP contribution in [-0.2, 0) is 20.7 Å². The van der Waals surface area contributed by atoms with Gasteiger partial charge in [0.05, 0.1) is 12.0 Å². The van der Waals surface area contributed by atoms with Gasteiger partial charge in [0.2, 0.25) is 11.0 Å². The highest BCUT2D eigenvalue weighted by Gasteiger charge is 2.45. The van der Waals surface area contributed by atoms with Crippen LogP contribution in [0.5, 0.6) is 0 Å². The zero-order valence-corrected chi connectivity index (χ0v) is 24.1. The molecular weight excluding hydrogens is 542 g/mol. The average Bonchev–Trinajstić information content (AvgIpc) is 3.17. The van der Waals surface area contributed by atoms with Gasteiger partial charge in [0.25, 0.3) is 0 Å². The molecule has 1 amide bonds. The fraction of sp³-hybridized carbons (Fsp3) is 0.250. The number of amides is 1. The fourth-order valence-electron chi connectivity index (χ4n) is 6.20. The van der Waals surface area contributed by atoms with Gasteiger partial charge < -0.3 is 9.64 Å². The molecule has 2 aliphatic heterocycles. The van der Waals surface area contributed by atoms with Gasteiger partial charge in [-0.3, -0.25) is 9.59 Å². The second-order valence-electron chi connectivity index (χ2n) is 10.9. The molecule has 0 N–H and O–H groups in total. The maximum atomic E-state index is 14.3. The lowest BCUT2D eigenvalue weighted by Gasteiger charge is -2.41. The molecule has 4 aromatic rings. The summed E-state index contributed by atoms with van der Waals surface area (Å²) in [5.41, 5.74) is 4.58. The van der Waals surface area contributed by atoms with E-state index in [2.05, 4.69) is 12.1 Å². The fourth-order valence-corrected chi connectivity index (χ4v) is 7.11. The molecule has 1 fully saturated rings. The van der Waals surface area contributed by atoms with Crippen molar-refractivity contribution in [3.05, 3.63) is 143 Å². The number of benzene rings is 4. The zero-order chi connectivity index (χ0) is 28.9. The third-order valence-corrected chi connectivity index (χ3v) is 9.31. The second kappa shape index (κ2) is 12.8. The number of hydrogen-bond acceptors (Lipinski definition) is 5. The van der Waals surface area contributed by atoms with Crippen molar-refractivity contribution in [2.24, 2.45) is 5.92 Å². The molecule has 5 nitrogen and oxygen atoms in total. The van der Waals surface area contributed by atoms with Crippen LogP contribution in [0.25, 0.3) is 0 Å². The van der Waals surface area contributed by atoms with Gasteiger partial charge in [-0.15, -0.1) is 0 Å². The number of carbonyl (C=O) groups excluding carboxylic acids is 3. The van der Waals surface area contributed by atoms with Crippen molar-refractivity contribution in [2.45, 2.75) is 43.9 Å². The van der Waals surface area contributed by atoms with E-state index in [9.17, 15) is 14.4 Å². The van der Waals surface area contributed by atoms with Gasteiger partial charge in [-0.2, -0.15) is 0 Å². The molecule has 0 aliphatic carbocycles. The number of nitrogens with zero attached hydrogens (tertiary/aromatic N) is 1. The highest BCUT2D eigenvalue weighted by molar-refractivity contribution is 8.14. The molecule has 2 heterocycles. The number of hydrogen-bond donors (Lipinski definition) is 0. The molecule has 3 atom stereocenters. The van der Waals surface area contributed by atoms with Crippen molar-refractivity contribution < 1.29 is 19.1 Å². The van der Waals surface area contributed by atoms with E-state index in [-0.39, 0.29) is 17.1 Å². The first-order chi connectivity index (χ1) is 20.6. The van der Waals surface area contributed by atoms with E-state index >= 15 is 0 Å². The van der Waals surface area contributed by atoms with Gasteiger partial charge in [0, 0.05) is 11.3 Å². The summed E-state index contributed by atoms with van der Waals surface area (Å²) in [6, 6.07) is 35.8. The summed E-state index contributed by atoms with van der Waals surface area (Å²) >= 11 is 1.18. The predicted molar refractivity (Wildman–Crippen MR) is 165 cm³/mol. The summed E-state index contributed by atoms with van der Waals surface area (Å²) in [5, 5.41) is -0.0550. The molecule has 0 saturated carbocycles. The monoisotopic (exact) mass is 575 g/mol. The summed E-state index contributed by atoms with van der Waals surface area (Å²) in [5.74, 6) is -0.553. The Hall–Kier alpha value is -4.16. The minimum Gasteiger partial charge on any atom is -0.451 e. The zero-order valence-electron chi connectivity index (χ0n) is 23.3. The Morgan fingerprint density at radius 2 is 1.38 bits per heavy atom. The van der Waals surface area contributed by atoms with Crippen LogP contribution in [0.2, 0.25) is 0 Å². The SMILES string of the molecule is O=C(SCC1Cc2ccccc2C2CCC[C@@H](C(=O)OC(c3ccccc3)c3ccccc3)N2C1=O)c1ccccc1. The van der Waals surface area contributed by atoms with Crippen molar-refractivity contribution >= 4 is 28.8 Å². The van der Waals surface area contributed by atoms with Crippen LogP contribution in [0.4, 0.5) is 0 Å². The summed E-state index contributed by atoms with van der Waals surface area (Å²) in [6.07, 6.45) is 2.11. The molecule has 6 rings (SSSR count). The van der Waals surface area contributed by atoms with Crippen LogP contribution >= 0.6 is 11.8 Å². The number of piperidine rings is 1. The molecule has 0 bridgehead atoms. The maximum Gasteiger partial charge on any atom is 0.329 e. The standard InChI is InChI=1S/C36H33NO4S/c38-34-29(24-42-36(40)27-17-8-3-9-18-27)23-28-19-10-11-20-30(28)31-21-12-22-32(37(31)34)35(39)41-33(25-13-4-1-5-14-25)26-15-6-2-7-16-26/h1-11,13-20,29,31-33H,12,21-24H2/t29?,31?,32-/m0/s1. The topological polar surface area (TPSA) is 63.7 Å². The minimum atomic E-state index is -0.699. The normalized spacial score (nSPS) is 19.9. The number of carbonyl (C=O) groups is 3. The first-order valence-corrected chi connectivity index (χ1v) is 15.5. The van der Waals surface area contributed by atoms with Crippen LogP contribution in [0, 0.1) is 5.92 Å². The number of thioether (sulfide) groups is 1. The lowest BCUT2D eigenvalue weighted by Crippen LogP contribution is -2.52. The van der Waals surface area contributed by atoms with Crippen LogP contribution < -0.4 is 0 Å². The second-order valence-corrected chi connectivity index (χ2v) is 11.9. The van der Waals surface area contributed by atoms with E-state index in [1.54, 1.807) is 17.0 Å². The Labute approximate surface area is 250 Å². The number of ether oxygens (including phenoxy) is 1. The van der Waals surface area contributed by atoms with Crippen LogP contribution in [0.3, 0.4) is 0 Å². The van der Waals surface area contributed by atoms with Gasteiger partial charge in [-0.05, 0) is 47.9 Å². The van der Waals surface area contributed by atoms with Crippen LogP contribution in [0.1, 0.15) is 64.0 Å². The largest absolute Gasteiger partial charge is 0.451 e. The predicted octanol–water partition coefficient (Wildman–Crippen LogP) is 7.19. The Kier molecular flexibility index (Phi) is 8.52. The molecule has 2 unspecified atom stereocenters. The lowest BCUT2D eigenvalue weighted by atomic mass is 9.89. The molecule has 0 aromatic heterocycles. The minimum absolute atomic E-state index is 0.0550. The molecule has 2 aliphatic rings. The first kappa shape index (κ1) is 28.0. The van der Waals surface area contributed by atoms with E-state index in [0.717, 1.165) is 35.1 Å². The average molecular weight is 576 g/mol. The number of fused-ring (bicyclic) bond motifs is 3. The van der Waals surface area contributed by atoms with Crippen molar-refractivity contribution in [1.82, 2.24) is 4.90 Å². The van der Waals surface area contributed by atoms with Gasteiger partial charge in [-0.1, -0.05) is 127 Å². The summed E-state index contributed by atoms with van der Waals surface area (Å²) < 4.78 is 6.29. The van der Waals surface area contributed by atoms with Gasteiger partial charge in [0.15, 0.2) is 6.10 Å². The Balaban J connectivity index is 1.29.